The van der Waals surface area contributed by atoms with Crippen molar-refractivity contribution in [2.45, 2.75) is 13.8 Å². The molecule has 0 atom stereocenters. The smallest absolute Gasteiger partial charge is 0.340 e. The lowest BCUT2D eigenvalue weighted by Crippen LogP contribution is -2.23. The number of esters is 1. The van der Waals surface area contributed by atoms with E-state index in [1.165, 1.54) is 0 Å². The fraction of sp³-hybridized carbons (Fsp3) is 0.222. The van der Waals surface area contributed by atoms with Gasteiger partial charge in [-0.2, -0.15) is 0 Å². The number of halogens is 1. The summed E-state index contributed by atoms with van der Waals surface area (Å²) in [5.41, 5.74) is 2.69. The largest absolute Gasteiger partial charge is 0.462 e. The van der Waals surface area contributed by atoms with Crippen LogP contribution >= 0.6 is 15.9 Å². The number of hydrogen-bond acceptors (Lipinski definition) is 4. The van der Waals surface area contributed by atoms with Gasteiger partial charge in [-0.05, 0) is 49.7 Å². The van der Waals surface area contributed by atoms with E-state index in [0.717, 1.165) is 15.7 Å². The number of hydrogen-bond donors (Lipinski definition) is 2. The number of aryl methyl sites for hydroxylation is 1. The van der Waals surface area contributed by atoms with Gasteiger partial charge in [0.05, 0.1) is 24.4 Å². The van der Waals surface area contributed by atoms with E-state index in [1.807, 2.05) is 25.1 Å². The van der Waals surface area contributed by atoms with Crippen molar-refractivity contribution < 1.29 is 14.3 Å². The summed E-state index contributed by atoms with van der Waals surface area (Å²) in [6, 6.07) is 12.6. The van der Waals surface area contributed by atoms with Gasteiger partial charge < -0.3 is 15.4 Å². The zero-order valence-corrected chi connectivity index (χ0v) is 15.1. The Morgan fingerprint density at radius 1 is 1.12 bits per heavy atom. The van der Waals surface area contributed by atoms with E-state index in [2.05, 4.69) is 26.6 Å². The van der Waals surface area contributed by atoms with Gasteiger partial charge in [-0.25, -0.2) is 4.79 Å². The SMILES string of the molecule is CCOC(=O)c1ccccc1NC(=O)CNc1ccc(Br)cc1C. The molecule has 2 aromatic carbocycles. The van der Waals surface area contributed by atoms with Crippen molar-refractivity contribution in [3.05, 3.63) is 58.1 Å². The first-order valence-electron chi connectivity index (χ1n) is 7.57. The van der Waals surface area contributed by atoms with E-state index in [-0.39, 0.29) is 19.1 Å². The number of nitrogens with one attached hydrogen (secondary N) is 2. The summed E-state index contributed by atoms with van der Waals surface area (Å²) in [6.45, 7) is 4.08. The van der Waals surface area contributed by atoms with Crippen molar-refractivity contribution in [2.75, 3.05) is 23.8 Å². The molecule has 2 aromatic rings. The number of carbonyl (C=O) groups excluding carboxylic acids is 2. The third-order valence-corrected chi connectivity index (χ3v) is 3.82. The van der Waals surface area contributed by atoms with Gasteiger partial charge in [-0.15, -0.1) is 0 Å². The van der Waals surface area contributed by atoms with E-state index in [4.69, 9.17) is 4.74 Å². The first kappa shape index (κ1) is 18.0. The Kier molecular flexibility index (Phi) is 6.37. The lowest BCUT2D eigenvalue weighted by molar-refractivity contribution is -0.114. The van der Waals surface area contributed by atoms with Gasteiger partial charge in [0.1, 0.15) is 0 Å². The van der Waals surface area contributed by atoms with Gasteiger partial charge in [0.25, 0.3) is 0 Å². The van der Waals surface area contributed by atoms with Crippen LogP contribution in [-0.2, 0) is 9.53 Å². The van der Waals surface area contributed by atoms with E-state index in [9.17, 15) is 9.59 Å². The quantitative estimate of drug-likeness (QED) is 0.731. The number of benzene rings is 2. The third kappa shape index (κ3) is 4.83. The maximum absolute atomic E-state index is 12.2. The highest BCUT2D eigenvalue weighted by atomic mass is 79.9. The third-order valence-electron chi connectivity index (χ3n) is 3.32. The van der Waals surface area contributed by atoms with Crippen molar-refractivity contribution in [3.8, 4) is 0 Å². The van der Waals surface area contributed by atoms with Crippen LogP contribution in [0.1, 0.15) is 22.8 Å². The minimum atomic E-state index is -0.454. The van der Waals surface area contributed by atoms with Crippen LogP contribution in [0.4, 0.5) is 11.4 Å². The van der Waals surface area contributed by atoms with Gasteiger partial charge >= 0.3 is 5.97 Å². The molecular weight excluding hydrogens is 372 g/mol. The first-order chi connectivity index (χ1) is 11.5. The van der Waals surface area contributed by atoms with Gasteiger partial charge in [-0.3, -0.25) is 4.79 Å². The standard InChI is InChI=1S/C18H19BrN2O3/c1-3-24-18(23)14-6-4-5-7-16(14)21-17(22)11-20-15-9-8-13(19)10-12(15)2/h4-10,20H,3,11H2,1-2H3,(H,21,22). The summed E-state index contributed by atoms with van der Waals surface area (Å²) < 4.78 is 5.98. The predicted octanol–water partition coefficient (Wildman–Crippen LogP) is 3.98. The minimum Gasteiger partial charge on any atom is -0.462 e. The molecule has 126 valence electrons. The van der Waals surface area contributed by atoms with E-state index >= 15 is 0 Å². The lowest BCUT2D eigenvalue weighted by atomic mass is 10.1. The average molecular weight is 391 g/mol. The number of para-hydroxylation sites is 1. The molecular formula is C18H19BrN2O3. The van der Waals surface area contributed by atoms with Crippen LogP contribution in [0, 0.1) is 6.92 Å². The number of anilines is 2. The van der Waals surface area contributed by atoms with Crippen molar-refractivity contribution in [2.24, 2.45) is 0 Å². The molecule has 0 spiro atoms. The number of rotatable bonds is 6. The van der Waals surface area contributed by atoms with E-state index < -0.39 is 5.97 Å². The van der Waals surface area contributed by atoms with Gasteiger partial charge in [0.2, 0.25) is 5.91 Å². The maximum atomic E-state index is 12.2. The number of amides is 1. The summed E-state index contributed by atoms with van der Waals surface area (Å²) in [4.78, 5) is 24.1. The lowest BCUT2D eigenvalue weighted by Gasteiger charge is -2.12. The zero-order chi connectivity index (χ0) is 17.5. The molecule has 2 N–H and O–H groups in total. The molecule has 0 heterocycles. The molecule has 0 saturated carbocycles. The van der Waals surface area contributed by atoms with Crippen LogP contribution in [0.5, 0.6) is 0 Å². The van der Waals surface area contributed by atoms with Crippen LogP contribution in [0.2, 0.25) is 0 Å². The Hall–Kier alpha value is -2.34. The van der Waals surface area contributed by atoms with Crippen molar-refractivity contribution in [1.82, 2.24) is 0 Å². The van der Waals surface area contributed by atoms with Crippen molar-refractivity contribution in [1.29, 1.82) is 0 Å². The van der Waals surface area contributed by atoms with Gasteiger partial charge in [-0.1, -0.05) is 28.1 Å². The van der Waals surface area contributed by atoms with Crippen molar-refractivity contribution in [3.63, 3.8) is 0 Å². The molecule has 0 radical (unpaired) electrons. The van der Waals surface area contributed by atoms with Crippen LogP contribution in [0.25, 0.3) is 0 Å². The molecule has 0 aliphatic rings. The van der Waals surface area contributed by atoms with E-state index in [0.29, 0.717) is 11.3 Å². The van der Waals surface area contributed by atoms with E-state index in [1.54, 1.807) is 31.2 Å². The molecule has 2 rings (SSSR count). The number of ether oxygens (including phenoxy) is 1. The fourth-order valence-corrected chi connectivity index (χ4v) is 2.65. The second-order valence-electron chi connectivity index (χ2n) is 5.13. The van der Waals surface area contributed by atoms with Crippen LogP contribution in [-0.4, -0.2) is 25.0 Å². The fourth-order valence-electron chi connectivity index (χ4n) is 2.17. The molecule has 0 aliphatic carbocycles. The molecule has 0 unspecified atom stereocenters. The Morgan fingerprint density at radius 2 is 1.88 bits per heavy atom. The Labute approximate surface area is 149 Å². The summed E-state index contributed by atoms with van der Waals surface area (Å²) in [5, 5.41) is 5.82. The molecule has 24 heavy (non-hydrogen) atoms. The Bertz CT molecular complexity index is 747. The summed E-state index contributed by atoms with van der Waals surface area (Å²) >= 11 is 3.40. The molecule has 1 amide bonds. The molecule has 5 nitrogen and oxygen atoms in total. The highest BCUT2D eigenvalue weighted by Gasteiger charge is 2.13. The molecule has 0 fully saturated rings. The average Bonchev–Trinajstić information content (AvgIpc) is 2.54. The topological polar surface area (TPSA) is 67.4 Å². The summed E-state index contributed by atoms with van der Waals surface area (Å²) in [6.07, 6.45) is 0. The predicted molar refractivity (Wildman–Crippen MR) is 98.4 cm³/mol. The maximum Gasteiger partial charge on any atom is 0.340 e. The highest BCUT2D eigenvalue weighted by Crippen LogP contribution is 2.20. The van der Waals surface area contributed by atoms with Gasteiger partial charge in [0.15, 0.2) is 0 Å². The molecule has 6 heteroatoms. The van der Waals surface area contributed by atoms with Crippen LogP contribution in [0.15, 0.2) is 46.9 Å². The second-order valence-corrected chi connectivity index (χ2v) is 6.04. The van der Waals surface area contributed by atoms with Gasteiger partial charge in [0, 0.05) is 10.2 Å². The first-order valence-corrected chi connectivity index (χ1v) is 8.36. The Morgan fingerprint density at radius 3 is 2.58 bits per heavy atom. The normalized spacial score (nSPS) is 10.1. The number of carbonyl (C=O) groups is 2. The summed E-state index contributed by atoms with van der Waals surface area (Å²) in [7, 11) is 0. The monoisotopic (exact) mass is 390 g/mol. The molecule has 0 saturated heterocycles. The zero-order valence-electron chi connectivity index (χ0n) is 13.6. The summed E-state index contributed by atoms with van der Waals surface area (Å²) in [5.74, 6) is -0.695. The molecule has 0 aromatic heterocycles. The van der Waals surface area contributed by atoms with Crippen LogP contribution < -0.4 is 10.6 Å². The molecule has 0 aliphatic heterocycles. The van der Waals surface area contributed by atoms with Crippen molar-refractivity contribution >= 4 is 39.2 Å². The second kappa shape index (κ2) is 8.49. The Balaban J connectivity index is 2.01. The minimum absolute atomic E-state index is 0.0969. The molecule has 0 bridgehead atoms. The van der Waals surface area contributed by atoms with Crippen LogP contribution in [0.3, 0.4) is 0 Å². The highest BCUT2D eigenvalue weighted by molar-refractivity contribution is 9.10.